The second-order valence-electron chi connectivity index (χ2n) is 4.14. The zero-order chi connectivity index (χ0) is 14.8. The Balaban J connectivity index is 2.14. The predicted molar refractivity (Wildman–Crippen MR) is 83.8 cm³/mol. The van der Waals surface area contributed by atoms with Crippen molar-refractivity contribution >= 4 is 48.9 Å². The second-order valence-corrected chi connectivity index (χ2v) is 8.17. The van der Waals surface area contributed by atoms with Crippen LogP contribution in [0.5, 0.6) is 0 Å². The molecule has 2 heterocycles. The van der Waals surface area contributed by atoms with Crippen LogP contribution in [0.4, 0.5) is 0 Å². The van der Waals surface area contributed by atoms with Gasteiger partial charge in [-0.15, -0.1) is 22.9 Å². The largest absolute Gasteiger partial charge is 0.452 e. The van der Waals surface area contributed by atoms with Crippen LogP contribution < -0.4 is 0 Å². The quantitative estimate of drug-likeness (QED) is 0.697. The number of alkyl halides is 1. The van der Waals surface area contributed by atoms with E-state index in [1.54, 1.807) is 18.4 Å². The third-order valence-corrected chi connectivity index (χ3v) is 6.69. The molecule has 4 nitrogen and oxygen atoms in total. The molecule has 0 saturated carbocycles. The number of hydrogen-bond donors (Lipinski definition) is 0. The molecule has 0 aromatic carbocycles. The Morgan fingerprint density at radius 3 is 2.80 bits per heavy atom. The lowest BCUT2D eigenvalue weighted by molar-refractivity contribution is 0.465. The van der Waals surface area contributed by atoms with Gasteiger partial charge in [0, 0.05) is 24.5 Å². The van der Waals surface area contributed by atoms with Gasteiger partial charge in [0.05, 0.1) is 5.88 Å². The van der Waals surface area contributed by atoms with E-state index in [0.29, 0.717) is 18.7 Å². The summed E-state index contributed by atoms with van der Waals surface area (Å²) in [5.74, 6) is 0.552. The van der Waals surface area contributed by atoms with E-state index in [4.69, 9.17) is 16.0 Å². The normalized spacial score (nSPS) is 12.2. The Morgan fingerprint density at radius 2 is 2.25 bits per heavy atom. The molecule has 0 unspecified atom stereocenters. The van der Waals surface area contributed by atoms with Crippen LogP contribution in [0.1, 0.15) is 10.6 Å². The van der Waals surface area contributed by atoms with Crippen molar-refractivity contribution in [2.45, 2.75) is 17.2 Å². The number of thiophene rings is 1. The smallest absolute Gasteiger partial charge is 0.247 e. The predicted octanol–water partition coefficient (Wildman–Crippen LogP) is 3.71. The standard InChI is InChI=1S/C12H13BrClNO3S2/c1-15(5-4-10-3-2-6-19-10)20(16,17)11-7-9(8-14)18-12(11)13/h2-3,6-7H,4-5,8H2,1H3. The Labute approximate surface area is 135 Å². The SMILES string of the molecule is CN(CCc1cccs1)S(=O)(=O)c1cc(CCl)oc1Br. The average molecular weight is 399 g/mol. The van der Waals surface area contributed by atoms with Crippen LogP contribution in [0.3, 0.4) is 0 Å². The number of rotatable bonds is 6. The first-order valence-corrected chi connectivity index (χ1v) is 9.42. The third-order valence-electron chi connectivity index (χ3n) is 2.78. The highest BCUT2D eigenvalue weighted by Gasteiger charge is 2.26. The summed E-state index contributed by atoms with van der Waals surface area (Å²) < 4.78 is 31.6. The summed E-state index contributed by atoms with van der Waals surface area (Å²) in [4.78, 5) is 1.27. The van der Waals surface area contributed by atoms with Gasteiger partial charge in [-0.3, -0.25) is 0 Å². The summed E-state index contributed by atoms with van der Waals surface area (Å²) >= 11 is 10.4. The number of nitrogens with zero attached hydrogens (tertiary/aromatic N) is 1. The summed E-state index contributed by atoms with van der Waals surface area (Å²) in [6, 6.07) is 5.40. The summed E-state index contributed by atoms with van der Waals surface area (Å²) in [6.45, 7) is 0.413. The fourth-order valence-corrected chi connectivity index (χ4v) is 4.61. The van der Waals surface area contributed by atoms with Gasteiger partial charge < -0.3 is 4.42 Å². The minimum Gasteiger partial charge on any atom is -0.452 e. The van der Waals surface area contributed by atoms with E-state index in [1.165, 1.54) is 10.4 Å². The average Bonchev–Trinajstić information content (AvgIpc) is 3.04. The van der Waals surface area contributed by atoms with Crippen LogP contribution in [-0.4, -0.2) is 26.3 Å². The van der Waals surface area contributed by atoms with E-state index in [1.807, 2.05) is 17.5 Å². The van der Waals surface area contributed by atoms with Crippen molar-refractivity contribution in [3.63, 3.8) is 0 Å². The van der Waals surface area contributed by atoms with Gasteiger partial charge >= 0.3 is 0 Å². The lowest BCUT2D eigenvalue weighted by Crippen LogP contribution is -2.28. The molecular formula is C12H13BrClNO3S2. The Hall–Kier alpha value is -0.340. The summed E-state index contributed by atoms with van der Waals surface area (Å²) in [6.07, 6.45) is 0.686. The van der Waals surface area contributed by atoms with Crippen LogP contribution in [0, 0.1) is 0 Å². The Bertz CT molecular complexity index is 667. The Kier molecular flexibility index (Phi) is 5.30. The number of halogens is 2. The lowest BCUT2D eigenvalue weighted by Gasteiger charge is -2.15. The third kappa shape index (κ3) is 3.46. The van der Waals surface area contributed by atoms with Gasteiger partial charge in [0.1, 0.15) is 10.7 Å². The molecule has 0 fully saturated rings. The van der Waals surface area contributed by atoms with Crippen LogP contribution in [0.2, 0.25) is 0 Å². The lowest BCUT2D eigenvalue weighted by atomic mass is 10.3. The van der Waals surface area contributed by atoms with E-state index < -0.39 is 10.0 Å². The number of sulfonamides is 1. The molecule has 8 heteroatoms. The molecule has 0 radical (unpaired) electrons. The summed E-state index contributed by atoms with van der Waals surface area (Å²) in [5.41, 5.74) is 0. The molecule has 0 spiro atoms. The van der Waals surface area contributed by atoms with Crippen LogP contribution in [0.25, 0.3) is 0 Å². The molecule has 0 bridgehead atoms. The molecular weight excluding hydrogens is 386 g/mol. The minimum absolute atomic E-state index is 0.113. The van der Waals surface area contributed by atoms with Crippen molar-refractivity contribution in [1.82, 2.24) is 4.31 Å². The van der Waals surface area contributed by atoms with Gasteiger partial charge in [-0.1, -0.05) is 6.07 Å². The summed E-state index contributed by atoms with van der Waals surface area (Å²) in [5, 5.41) is 1.98. The van der Waals surface area contributed by atoms with Gasteiger partial charge in [-0.05, 0) is 33.8 Å². The molecule has 0 saturated heterocycles. The number of likely N-dealkylation sites (N-methyl/N-ethyl adjacent to an activating group) is 1. The van der Waals surface area contributed by atoms with Gasteiger partial charge in [-0.2, -0.15) is 0 Å². The van der Waals surface area contributed by atoms with Gasteiger partial charge in [0.15, 0.2) is 4.67 Å². The highest BCUT2D eigenvalue weighted by atomic mass is 79.9. The fraction of sp³-hybridized carbons (Fsp3) is 0.333. The van der Waals surface area contributed by atoms with E-state index in [0.717, 1.165) is 4.88 Å². The molecule has 0 aliphatic rings. The fourth-order valence-electron chi connectivity index (χ4n) is 1.65. The minimum atomic E-state index is -3.57. The maximum Gasteiger partial charge on any atom is 0.247 e. The van der Waals surface area contributed by atoms with E-state index in [2.05, 4.69) is 15.9 Å². The molecule has 110 valence electrons. The second kappa shape index (κ2) is 6.62. The monoisotopic (exact) mass is 397 g/mol. The van der Waals surface area contributed by atoms with Gasteiger partial charge in [0.25, 0.3) is 0 Å². The van der Waals surface area contributed by atoms with E-state index in [-0.39, 0.29) is 15.4 Å². The molecule has 0 amide bonds. The molecule has 20 heavy (non-hydrogen) atoms. The molecule has 0 N–H and O–H groups in total. The maximum absolute atomic E-state index is 12.4. The first-order valence-electron chi connectivity index (χ1n) is 5.78. The van der Waals surface area contributed by atoms with Crippen LogP contribution >= 0.6 is 38.9 Å². The molecule has 0 aliphatic heterocycles. The van der Waals surface area contributed by atoms with Crippen molar-refractivity contribution in [2.24, 2.45) is 0 Å². The molecule has 0 aliphatic carbocycles. The van der Waals surface area contributed by atoms with Crippen molar-refractivity contribution in [3.8, 4) is 0 Å². The Morgan fingerprint density at radius 1 is 1.50 bits per heavy atom. The summed E-state index contributed by atoms with van der Waals surface area (Å²) in [7, 11) is -2.02. The highest BCUT2D eigenvalue weighted by molar-refractivity contribution is 9.10. The maximum atomic E-state index is 12.4. The zero-order valence-corrected chi connectivity index (χ0v) is 14.7. The first kappa shape index (κ1) is 16.0. The van der Waals surface area contributed by atoms with Crippen LogP contribution in [0.15, 0.2) is 37.6 Å². The first-order chi connectivity index (χ1) is 9.45. The van der Waals surface area contributed by atoms with E-state index >= 15 is 0 Å². The van der Waals surface area contributed by atoms with Crippen molar-refractivity contribution in [1.29, 1.82) is 0 Å². The number of furan rings is 1. The topological polar surface area (TPSA) is 50.5 Å². The van der Waals surface area contributed by atoms with Gasteiger partial charge in [-0.25, -0.2) is 12.7 Å². The zero-order valence-electron chi connectivity index (χ0n) is 10.7. The highest BCUT2D eigenvalue weighted by Crippen LogP contribution is 2.29. The van der Waals surface area contributed by atoms with Crippen molar-refractivity contribution < 1.29 is 12.8 Å². The van der Waals surface area contributed by atoms with Crippen molar-refractivity contribution in [3.05, 3.63) is 38.9 Å². The molecule has 2 aromatic rings. The molecule has 2 rings (SSSR count). The molecule has 2 aromatic heterocycles. The van der Waals surface area contributed by atoms with Gasteiger partial charge in [0.2, 0.25) is 10.0 Å². The van der Waals surface area contributed by atoms with Crippen molar-refractivity contribution in [2.75, 3.05) is 13.6 Å². The molecule has 0 atom stereocenters. The van der Waals surface area contributed by atoms with E-state index in [9.17, 15) is 8.42 Å². The number of hydrogen-bond acceptors (Lipinski definition) is 4. The van der Waals surface area contributed by atoms with Crippen LogP contribution in [-0.2, 0) is 22.3 Å².